The van der Waals surface area contributed by atoms with Gasteiger partial charge in [0.25, 0.3) is 0 Å². The van der Waals surface area contributed by atoms with Gasteiger partial charge in [0.1, 0.15) is 0 Å². The molecule has 2 rings (SSSR count). The van der Waals surface area contributed by atoms with Crippen molar-refractivity contribution >= 4 is 7.92 Å². The van der Waals surface area contributed by atoms with Gasteiger partial charge < -0.3 is 0 Å². The topological polar surface area (TPSA) is 0 Å². The van der Waals surface area contributed by atoms with Crippen LogP contribution in [-0.4, -0.2) is 18.5 Å². The third kappa shape index (κ3) is 1.03. The molecule has 0 N–H and O–H groups in total. The first-order valence-corrected chi connectivity index (χ1v) is 6.31. The molecule has 0 unspecified atom stereocenters. The summed E-state index contributed by atoms with van der Waals surface area (Å²) >= 11 is 0. The average Bonchev–Trinajstić information content (AvgIpc) is 2.34. The number of hydrogen-bond acceptors (Lipinski definition) is 0. The van der Waals surface area contributed by atoms with E-state index in [9.17, 15) is 0 Å². The first-order valence-electron chi connectivity index (χ1n) is 4.27. The van der Waals surface area contributed by atoms with Gasteiger partial charge in [0.2, 0.25) is 0 Å². The SMILES string of the molecule is C[P@@]1CC=C2CCCC[C@@H]21. The van der Waals surface area contributed by atoms with Crippen LogP contribution < -0.4 is 0 Å². The minimum absolute atomic E-state index is 0.385. The van der Waals surface area contributed by atoms with Crippen molar-refractivity contribution < 1.29 is 0 Å². The zero-order chi connectivity index (χ0) is 6.97. The average molecular weight is 154 g/mol. The number of rotatable bonds is 0. The lowest BCUT2D eigenvalue weighted by Gasteiger charge is -2.24. The highest BCUT2D eigenvalue weighted by atomic mass is 31.1. The highest BCUT2D eigenvalue weighted by molar-refractivity contribution is 7.58. The van der Waals surface area contributed by atoms with E-state index in [4.69, 9.17) is 0 Å². The maximum absolute atomic E-state index is 2.52. The third-order valence-corrected chi connectivity index (χ3v) is 5.21. The van der Waals surface area contributed by atoms with E-state index in [2.05, 4.69) is 12.7 Å². The van der Waals surface area contributed by atoms with Crippen molar-refractivity contribution in [2.24, 2.45) is 0 Å². The van der Waals surface area contributed by atoms with E-state index in [0.717, 1.165) is 5.66 Å². The van der Waals surface area contributed by atoms with E-state index < -0.39 is 0 Å². The van der Waals surface area contributed by atoms with Crippen LogP contribution >= 0.6 is 7.92 Å². The maximum atomic E-state index is 2.52. The molecule has 56 valence electrons. The van der Waals surface area contributed by atoms with E-state index >= 15 is 0 Å². The summed E-state index contributed by atoms with van der Waals surface area (Å²) in [7, 11) is 0.385. The summed E-state index contributed by atoms with van der Waals surface area (Å²) in [6.07, 6.45) is 9.84. The molecule has 1 fully saturated rings. The van der Waals surface area contributed by atoms with Crippen molar-refractivity contribution in [3.8, 4) is 0 Å². The number of allylic oxidation sites excluding steroid dienone is 2. The zero-order valence-corrected chi connectivity index (χ0v) is 7.53. The van der Waals surface area contributed by atoms with Crippen molar-refractivity contribution in [1.29, 1.82) is 0 Å². The molecule has 1 heteroatoms. The van der Waals surface area contributed by atoms with Crippen LogP contribution in [0, 0.1) is 0 Å². The Kier molecular flexibility index (Phi) is 1.82. The van der Waals surface area contributed by atoms with Gasteiger partial charge in [-0.3, -0.25) is 0 Å². The summed E-state index contributed by atoms with van der Waals surface area (Å²) in [5, 5.41) is 0. The number of fused-ring (bicyclic) bond motifs is 1. The van der Waals surface area contributed by atoms with Crippen molar-refractivity contribution in [3.05, 3.63) is 11.6 Å². The zero-order valence-electron chi connectivity index (χ0n) is 6.64. The molecule has 0 bridgehead atoms. The van der Waals surface area contributed by atoms with E-state index in [1.165, 1.54) is 31.8 Å². The van der Waals surface area contributed by atoms with Crippen molar-refractivity contribution in [3.63, 3.8) is 0 Å². The summed E-state index contributed by atoms with van der Waals surface area (Å²) in [4.78, 5) is 0. The third-order valence-electron chi connectivity index (χ3n) is 2.79. The first kappa shape index (κ1) is 6.85. The maximum Gasteiger partial charge on any atom is 0.000101 e. The number of hydrogen-bond donors (Lipinski definition) is 0. The monoisotopic (exact) mass is 154 g/mol. The Bertz CT molecular complexity index is 160. The molecular formula is C9H15P. The van der Waals surface area contributed by atoms with Crippen LogP contribution in [0.3, 0.4) is 0 Å². The van der Waals surface area contributed by atoms with Crippen LogP contribution in [-0.2, 0) is 0 Å². The molecule has 1 saturated carbocycles. The van der Waals surface area contributed by atoms with Gasteiger partial charge in [-0.15, -0.1) is 0 Å². The second-order valence-corrected chi connectivity index (χ2v) is 5.98. The Morgan fingerprint density at radius 3 is 3.20 bits per heavy atom. The Balaban J connectivity index is 2.11. The Morgan fingerprint density at radius 2 is 2.40 bits per heavy atom. The van der Waals surface area contributed by atoms with Crippen molar-refractivity contribution in [1.82, 2.24) is 0 Å². The van der Waals surface area contributed by atoms with E-state index in [-0.39, 0.29) is 0 Å². The lowest BCUT2D eigenvalue weighted by molar-refractivity contribution is 0.609. The second-order valence-electron chi connectivity index (χ2n) is 3.48. The summed E-state index contributed by atoms with van der Waals surface area (Å²) in [5.41, 5.74) is 2.88. The molecule has 0 aromatic rings. The van der Waals surface area contributed by atoms with Gasteiger partial charge in [0.15, 0.2) is 0 Å². The Hall–Kier alpha value is 0.170. The summed E-state index contributed by atoms with van der Waals surface area (Å²) in [6.45, 7) is 2.47. The quantitative estimate of drug-likeness (QED) is 0.371. The smallest absolute Gasteiger partial charge is 0.000101 e. The van der Waals surface area contributed by atoms with Gasteiger partial charge in [-0.2, -0.15) is 0 Å². The van der Waals surface area contributed by atoms with Crippen LogP contribution in [0.5, 0.6) is 0 Å². The molecule has 0 aromatic heterocycles. The van der Waals surface area contributed by atoms with E-state index in [1.807, 2.05) is 5.57 Å². The Labute approximate surface area is 64.5 Å². The van der Waals surface area contributed by atoms with Crippen LogP contribution in [0.4, 0.5) is 0 Å². The molecule has 1 aliphatic heterocycles. The fourth-order valence-corrected chi connectivity index (χ4v) is 4.35. The van der Waals surface area contributed by atoms with Crippen LogP contribution in [0.25, 0.3) is 0 Å². The van der Waals surface area contributed by atoms with Gasteiger partial charge >= 0.3 is 0 Å². The predicted molar refractivity (Wildman–Crippen MR) is 48.1 cm³/mol. The molecule has 0 saturated heterocycles. The predicted octanol–water partition coefficient (Wildman–Crippen LogP) is 2.98. The fraction of sp³-hybridized carbons (Fsp3) is 0.778. The van der Waals surface area contributed by atoms with Crippen molar-refractivity contribution in [2.45, 2.75) is 31.3 Å². The van der Waals surface area contributed by atoms with Crippen molar-refractivity contribution in [2.75, 3.05) is 12.8 Å². The first-order chi connectivity index (χ1) is 4.88. The normalized spacial score (nSPS) is 39.1. The molecule has 0 radical (unpaired) electrons. The van der Waals surface area contributed by atoms with E-state index in [0.29, 0.717) is 7.92 Å². The summed E-state index contributed by atoms with van der Waals surface area (Å²) < 4.78 is 0. The minimum Gasteiger partial charge on any atom is -0.0987 e. The lowest BCUT2D eigenvalue weighted by atomic mass is 9.95. The fourth-order valence-electron chi connectivity index (χ4n) is 2.15. The standard InChI is InChI=1S/C9H15P/c1-10-7-6-8-4-2-3-5-9(8)10/h6,9H,2-5,7H2,1H3/t9-,10-/m0/s1. The molecule has 1 aliphatic carbocycles. The highest BCUT2D eigenvalue weighted by Crippen LogP contribution is 2.51. The Morgan fingerprint density at radius 1 is 1.50 bits per heavy atom. The largest absolute Gasteiger partial charge is 0.0987 e. The molecule has 1 heterocycles. The van der Waals surface area contributed by atoms with Gasteiger partial charge in [-0.1, -0.05) is 26.0 Å². The molecular weight excluding hydrogens is 139 g/mol. The summed E-state index contributed by atoms with van der Waals surface area (Å²) in [5.74, 6) is 0. The second kappa shape index (κ2) is 2.66. The molecule has 10 heavy (non-hydrogen) atoms. The van der Waals surface area contributed by atoms with Gasteiger partial charge in [0.05, 0.1) is 0 Å². The van der Waals surface area contributed by atoms with Crippen LogP contribution in [0.2, 0.25) is 0 Å². The van der Waals surface area contributed by atoms with Crippen LogP contribution in [0.1, 0.15) is 25.7 Å². The molecule has 2 atom stereocenters. The molecule has 2 aliphatic rings. The summed E-state index contributed by atoms with van der Waals surface area (Å²) in [6, 6.07) is 0. The molecule has 0 nitrogen and oxygen atoms in total. The van der Waals surface area contributed by atoms with E-state index in [1.54, 1.807) is 0 Å². The van der Waals surface area contributed by atoms with Gasteiger partial charge in [-0.05, 0) is 32.1 Å². The van der Waals surface area contributed by atoms with Gasteiger partial charge in [0, 0.05) is 5.66 Å². The highest BCUT2D eigenvalue weighted by Gasteiger charge is 2.27. The van der Waals surface area contributed by atoms with Crippen LogP contribution in [0.15, 0.2) is 11.6 Å². The lowest BCUT2D eigenvalue weighted by Crippen LogP contribution is -2.09. The molecule has 0 spiro atoms. The molecule has 0 aromatic carbocycles. The minimum atomic E-state index is 0.385. The van der Waals surface area contributed by atoms with Gasteiger partial charge in [-0.25, -0.2) is 0 Å². The molecule has 0 amide bonds.